The lowest BCUT2D eigenvalue weighted by atomic mass is 10.00. The maximum Gasteiger partial charge on any atom is 0.331 e. The highest BCUT2D eigenvalue weighted by atomic mass is 16.5. The van der Waals surface area contributed by atoms with Gasteiger partial charge in [0.25, 0.3) is 0 Å². The van der Waals surface area contributed by atoms with E-state index in [1.807, 2.05) is 28.0 Å². The first-order valence-corrected chi connectivity index (χ1v) is 8.03. The SMILES string of the molecule is CCC1CCCCN1C(=O)CN1CC(=O)Oc2ccccc21. The average Bonchev–Trinajstić information content (AvgIpc) is 2.54. The van der Waals surface area contributed by atoms with Crippen molar-refractivity contribution in [2.24, 2.45) is 0 Å². The van der Waals surface area contributed by atoms with Crippen LogP contribution in [0.1, 0.15) is 32.6 Å². The highest BCUT2D eigenvalue weighted by Gasteiger charge is 2.30. The quantitative estimate of drug-likeness (QED) is 0.634. The first-order valence-electron chi connectivity index (χ1n) is 8.03. The summed E-state index contributed by atoms with van der Waals surface area (Å²) in [6.45, 7) is 3.33. The van der Waals surface area contributed by atoms with Crippen LogP contribution < -0.4 is 9.64 Å². The minimum Gasteiger partial charge on any atom is -0.423 e. The molecule has 0 saturated carbocycles. The molecule has 1 fully saturated rings. The second-order valence-corrected chi connectivity index (χ2v) is 5.94. The number of para-hydroxylation sites is 2. The number of benzene rings is 1. The van der Waals surface area contributed by atoms with Gasteiger partial charge in [0, 0.05) is 12.6 Å². The Morgan fingerprint density at radius 2 is 2.14 bits per heavy atom. The van der Waals surface area contributed by atoms with Gasteiger partial charge < -0.3 is 14.5 Å². The highest BCUT2D eigenvalue weighted by Crippen LogP contribution is 2.31. The van der Waals surface area contributed by atoms with E-state index < -0.39 is 0 Å². The number of esters is 1. The first kappa shape index (κ1) is 14.9. The number of anilines is 1. The summed E-state index contributed by atoms with van der Waals surface area (Å²) in [5.41, 5.74) is 0.820. The molecule has 1 amide bonds. The van der Waals surface area contributed by atoms with Crippen LogP contribution in [0.25, 0.3) is 0 Å². The molecule has 0 aromatic heterocycles. The fourth-order valence-electron chi connectivity index (χ4n) is 3.35. The Balaban J connectivity index is 1.75. The molecule has 1 unspecified atom stereocenters. The summed E-state index contributed by atoms with van der Waals surface area (Å²) < 4.78 is 5.23. The lowest BCUT2D eigenvalue weighted by Crippen LogP contribution is -2.49. The number of nitrogens with zero attached hydrogens (tertiary/aromatic N) is 2. The Hall–Kier alpha value is -2.04. The second kappa shape index (κ2) is 6.38. The zero-order valence-corrected chi connectivity index (χ0v) is 13.0. The van der Waals surface area contributed by atoms with Gasteiger partial charge in [-0.15, -0.1) is 0 Å². The monoisotopic (exact) mass is 302 g/mol. The van der Waals surface area contributed by atoms with Crippen molar-refractivity contribution < 1.29 is 14.3 Å². The summed E-state index contributed by atoms with van der Waals surface area (Å²) in [6.07, 6.45) is 4.34. The van der Waals surface area contributed by atoms with Gasteiger partial charge in [-0.3, -0.25) is 4.79 Å². The van der Waals surface area contributed by atoms with Crippen LogP contribution in [0.5, 0.6) is 5.75 Å². The number of hydrogen-bond acceptors (Lipinski definition) is 4. The van der Waals surface area contributed by atoms with Crippen molar-refractivity contribution in [3.63, 3.8) is 0 Å². The van der Waals surface area contributed by atoms with Crippen LogP contribution in [0.3, 0.4) is 0 Å². The van der Waals surface area contributed by atoms with E-state index in [4.69, 9.17) is 4.74 Å². The van der Waals surface area contributed by atoms with E-state index in [0.29, 0.717) is 11.8 Å². The standard InChI is InChI=1S/C17H22N2O3/c1-2-13-7-5-6-10-19(13)16(20)11-18-12-17(21)22-15-9-4-3-8-14(15)18/h3-4,8-9,13H,2,5-7,10-12H2,1H3. The number of ether oxygens (including phenoxy) is 1. The van der Waals surface area contributed by atoms with Crippen LogP contribution in [-0.4, -0.2) is 42.5 Å². The van der Waals surface area contributed by atoms with E-state index in [1.165, 1.54) is 6.42 Å². The van der Waals surface area contributed by atoms with Crippen molar-refractivity contribution in [3.8, 4) is 5.75 Å². The van der Waals surface area contributed by atoms with Crippen LogP contribution in [0.15, 0.2) is 24.3 Å². The molecule has 0 bridgehead atoms. The molecule has 1 atom stereocenters. The van der Waals surface area contributed by atoms with Crippen molar-refractivity contribution in [2.75, 3.05) is 24.5 Å². The van der Waals surface area contributed by atoms with Gasteiger partial charge in [0.2, 0.25) is 5.91 Å². The van der Waals surface area contributed by atoms with Gasteiger partial charge in [-0.25, -0.2) is 4.79 Å². The first-order chi connectivity index (χ1) is 10.7. The van der Waals surface area contributed by atoms with Crippen molar-refractivity contribution in [1.82, 2.24) is 4.90 Å². The Morgan fingerprint density at radius 1 is 1.32 bits per heavy atom. The number of piperidine rings is 1. The average molecular weight is 302 g/mol. The fraction of sp³-hybridized carbons (Fsp3) is 0.529. The molecule has 1 saturated heterocycles. The molecule has 2 aliphatic rings. The predicted octanol–water partition coefficient (Wildman–Crippen LogP) is 2.20. The third kappa shape index (κ3) is 2.93. The third-order valence-corrected chi connectivity index (χ3v) is 4.49. The molecule has 1 aromatic rings. The van der Waals surface area contributed by atoms with Crippen LogP contribution in [-0.2, 0) is 9.59 Å². The maximum atomic E-state index is 12.7. The summed E-state index contributed by atoms with van der Waals surface area (Å²) in [4.78, 5) is 28.2. The van der Waals surface area contributed by atoms with Gasteiger partial charge in [0.15, 0.2) is 5.75 Å². The van der Waals surface area contributed by atoms with Crippen LogP contribution in [0.2, 0.25) is 0 Å². The molecule has 5 nitrogen and oxygen atoms in total. The maximum absolute atomic E-state index is 12.7. The highest BCUT2D eigenvalue weighted by molar-refractivity contribution is 5.89. The summed E-state index contributed by atoms with van der Waals surface area (Å²) in [6, 6.07) is 7.72. The molecule has 0 spiro atoms. The van der Waals surface area contributed by atoms with E-state index in [1.54, 1.807) is 6.07 Å². The molecule has 118 valence electrons. The molecule has 22 heavy (non-hydrogen) atoms. The summed E-state index contributed by atoms with van der Waals surface area (Å²) in [5.74, 6) is 0.338. The van der Waals surface area contributed by atoms with Crippen LogP contribution in [0, 0.1) is 0 Å². The summed E-state index contributed by atoms with van der Waals surface area (Å²) in [7, 11) is 0. The third-order valence-electron chi connectivity index (χ3n) is 4.49. The lowest BCUT2D eigenvalue weighted by Gasteiger charge is -2.37. The molecule has 5 heteroatoms. The van der Waals surface area contributed by atoms with E-state index in [2.05, 4.69) is 6.92 Å². The van der Waals surface area contributed by atoms with Gasteiger partial charge in [-0.05, 0) is 37.8 Å². The number of fused-ring (bicyclic) bond motifs is 1. The number of amides is 1. The van der Waals surface area contributed by atoms with Gasteiger partial charge in [0.05, 0.1) is 12.2 Å². The Bertz CT molecular complexity index is 573. The Morgan fingerprint density at radius 3 is 2.95 bits per heavy atom. The topological polar surface area (TPSA) is 49.9 Å². The van der Waals surface area contributed by atoms with Crippen molar-refractivity contribution in [3.05, 3.63) is 24.3 Å². The number of likely N-dealkylation sites (tertiary alicyclic amines) is 1. The largest absolute Gasteiger partial charge is 0.423 e. The van der Waals surface area contributed by atoms with E-state index in [0.717, 1.165) is 31.5 Å². The van der Waals surface area contributed by atoms with E-state index in [9.17, 15) is 9.59 Å². The van der Waals surface area contributed by atoms with Crippen molar-refractivity contribution in [2.45, 2.75) is 38.6 Å². The minimum atomic E-state index is -0.308. The fourth-order valence-corrected chi connectivity index (χ4v) is 3.35. The molecule has 2 heterocycles. The Labute approximate surface area is 130 Å². The zero-order chi connectivity index (χ0) is 15.5. The van der Waals surface area contributed by atoms with Crippen LogP contribution >= 0.6 is 0 Å². The predicted molar refractivity (Wildman–Crippen MR) is 83.9 cm³/mol. The number of hydrogen-bond donors (Lipinski definition) is 0. The normalized spacial score (nSPS) is 21.3. The number of rotatable bonds is 3. The van der Waals surface area contributed by atoms with Gasteiger partial charge in [-0.2, -0.15) is 0 Å². The number of carbonyl (C=O) groups is 2. The van der Waals surface area contributed by atoms with Gasteiger partial charge in [0.1, 0.15) is 6.54 Å². The summed E-state index contributed by atoms with van der Waals surface area (Å²) in [5, 5.41) is 0. The Kier molecular flexibility index (Phi) is 4.32. The molecule has 0 aliphatic carbocycles. The zero-order valence-electron chi connectivity index (χ0n) is 13.0. The number of carbonyl (C=O) groups excluding carboxylic acids is 2. The molecule has 0 N–H and O–H groups in total. The smallest absolute Gasteiger partial charge is 0.331 e. The molecule has 3 rings (SSSR count). The van der Waals surface area contributed by atoms with E-state index >= 15 is 0 Å². The second-order valence-electron chi connectivity index (χ2n) is 5.94. The van der Waals surface area contributed by atoms with E-state index in [-0.39, 0.29) is 25.0 Å². The molecular weight excluding hydrogens is 280 g/mol. The molecule has 1 aromatic carbocycles. The lowest BCUT2D eigenvalue weighted by molar-refractivity contribution is -0.134. The van der Waals surface area contributed by atoms with Crippen LogP contribution in [0.4, 0.5) is 5.69 Å². The van der Waals surface area contributed by atoms with Crippen molar-refractivity contribution in [1.29, 1.82) is 0 Å². The van der Waals surface area contributed by atoms with Gasteiger partial charge in [-0.1, -0.05) is 19.1 Å². The molecule has 2 aliphatic heterocycles. The molecule has 0 radical (unpaired) electrons. The van der Waals surface area contributed by atoms with Gasteiger partial charge >= 0.3 is 5.97 Å². The molecular formula is C17H22N2O3. The minimum absolute atomic E-state index is 0.107. The van der Waals surface area contributed by atoms with Crippen molar-refractivity contribution >= 4 is 17.6 Å². The summed E-state index contributed by atoms with van der Waals surface area (Å²) >= 11 is 0.